The summed E-state index contributed by atoms with van der Waals surface area (Å²) in [4.78, 5) is 19.7. The van der Waals surface area contributed by atoms with Crippen molar-refractivity contribution in [3.05, 3.63) is 25.4 Å². The van der Waals surface area contributed by atoms with Gasteiger partial charge in [-0.25, -0.2) is 4.98 Å². The number of hydrogen-bond acceptors (Lipinski definition) is 3. The van der Waals surface area contributed by atoms with Crippen LogP contribution in [0.1, 0.15) is 63.1 Å². The Labute approximate surface area is 133 Å². The molecule has 1 heterocycles. The average molecular weight is 390 g/mol. The van der Waals surface area contributed by atoms with Crippen LogP contribution in [0.15, 0.2) is 4.79 Å². The van der Waals surface area contributed by atoms with Gasteiger partial charge in [-0.05, 0) is 47.8 Å². The number of aryl methyl sites for hydroxylation is 1. The van der Waals surface area contributed by atoms with E-state index in [1.807, 2.05) is 0 Å². The largest absolute Gasteiger partial charge is 0.373 e. The van der Waals surface area contributed by atoms with Crippen molar-refractivity contribution in [2.45, 2.75) is 58.0 Å². The zero-order valence-electron chi connectivity index (χ0n) is 12.2. The SMILES string of the molecule is CCCc1nc(C(OC)C2CCCCC2)[nH]c(=O)c1I. The third-order valence-electron chi connectivity index (χ3n) is 4.04. The fraction of sp³-hybridized carbons (Fsp3) is 0.733. The first-order valence-electron chi connectivity index (χ1n) is 7.48. The Hall–Kier alpha value is -0.430. The van der Waals surface area contributed by atoms with Gasteiger partial charge in [0.05, 0.1) is 9.26 Å². The number of nitrogens with one attached hydrogen (secondary N) is 1. The van der Waals surface area contributed by atoms with Crippen LogP contribution in [0.25, 0.3) is 0 Å². The molecule has 1 unspecified atom stereocenters. The van der Waals surface area contributed by atoms with Crippen molar-refractivity contribution in [1.82, 2.24) is 9.97 Å². The molecule has 1 aromatic rings. The van der Waals surface area contributed by atoms with Crippen LogP contribution in [0.4, 0.5) is 0 Å². The van der Waals surface area contributed by atoms with Gasteiger partial charge >= 0.3 is 0 Å². The van der Waals surface area contributed by atoms with Crippen molar-refractivity contribution in [1.29, 1.82) is 0 Å². The highest BCUT2D eigenvalue weighted by Crippen LogP contribution is 2.35. The molecule has 1 atom stereocenters. The van der Waals surface area contributed by atoms with E-state index in [4.69, 9.17) is 4.74 Å². The first-order chi connectivity index (χ1) is 9.67. The monoisotopic (exact) mass is 390 g/mol. The number of aromatic nitrogens is 2. The lowest BCUT2D eigenvalue weighted by molar-refractivity contribution is 0.0285. The van der Waals surface area contributed by atoms with E-state index in [1.54, 1.807) is 7.11 Å². The standard InChI is InChI=1S/C15H23IN2O2/c1-3-7-11-12(16)15(19)18-14(17-11)13(20-2)10-8-5-4-6-9-10/h10,13H,3-9H2,1-2H3,(H,17,18,19). The van der Waals surface area contributed by atoms with E-state index in [0.717, 1.165) is 31.4 Å². The van der Waals surface area contributed by atoms with Gasteiger partial charge < -0.3 is 9.72 Å². The van der Waals surface area contributed by atoms with Crippen LogP contribution in [0.3, 0.4) is 0 Å². The Kier molecular flexibility index (Phi) is 6.01. The number of H-pyrrole nitrogens is 1. The Morgan fingerprint density at radius 1 is 1.40 bits per heavy atom. The predicted octanol–water partition coefficient (Wildman–Crippen LogP) is 3.59. The number of rotatable bonds is 5. The van der Waals surface area contributed by atoms with E-state index in [1.165, 1.54) is 19.3 Å². The number of aromatic amines is 1. The molecule has 20 heavy (non-hydrogen) atoms. The molecule has 1 saturated carbocycles. The molecule has 1 aliphatic carbocycles. The van der Waals surface area contributed by atoms with Gasteiger partial charge in [-0.1, -0.05) is 32.6 Å². The summed E-state index contributed by atoms with van der Waals surface area (Å²) in [5.41, 5.74) is 0.876. The third kappa shape index (κ3) is 3.61. The lowest BCUT2D eigenvalue weighted by Gasteiger charge is -2.28. The minimum Gasteiger partial charge on any atom is -0.373 e. The van der Waals surface area contributed by atoms with Gasteiger partial charge in [-0.2, -0.15) is 0 Å². The Morgan fingerprint density at radius 2 is 2.10 bits per heavy atom. The molecule has 112 valence electrons. The number of ether oxygens (including phenoxy) is 1. The van der Waals surface area contributed by atoms with Crippen LogP contribution in [0.5, 0.6) is 0 Å². The maximum absolute atomic E-state index is 12.1. The van der Waals surface area contributed by atoms with Crippen molar-refractivity contribution in [3.63, 3.8) is 0 Å². The fourth-order valence-electron chi connectivity index (χ4n) is 3.03. The van der Waals surface area contributed by atoms with E-state index in [9.17, 15) is 4.79 Å². The van der Waals surface area contributed by atoms with Crippen LogP contribution in [-0.2, 0) is 11.2 Å². The molecule has 0 aliphatic heterocycles. The van der Waals surface area contributed by atoms with Crippen molar-refractivity contribution < 1.29 is 4.74 Å². The van der Waals surface area contributed by atoms with Gasteiger partial charge in [-0.3, -0.25) is 4.79 Å². The van der Waals surface area contributed by atoms with Crippen LogP contribution < -0.4 is 5.56 Å². The van der Waals surface area contributed by atoms with Gasteiger partial charge in [0.15, 0.2) is 0 Å². The minimum atomic E-state index is -0.0735. The van der Waals surface area contributed by atoms with Crippen molar-refractivity contribution in [2.75, 3.05) is 7.11 Å². The average Bonchev–Trinajstić information content (AvgIpc) is 2.46. The summed E-state index contributed by atoms with van der Waals surface area (Å²) in [5, 5.41) is 0. The van der Waals surface area contributed by atoms with Crippen LogP contribution in [0, 0.1) is 9.49 Å². The number of halogens is 1. The Morgan fingerprint density at radius 3 is 2.70 bits per heavy atom. The number of hydrogen-bond donors (Lipinski definition) is 1. The van der Waals surface area contributed by atoms with E-state index >= 15 is 0 Å². The third-order valence-corrected chi connectivity index (χ3v) is 5.15. The quantitative estimate of drug-likeness (QED) is 0.782. The first-order valence-corrected chi connectivity index (χ1v) is 8.56. The summed E-state index contributed by atoms with van der Waals surface area (Å²) < 4.78 is 6.38. The molecule has 1 aromatic heterocycles. The minimum absolute atomic E-state index is 0.0306. The summed E-state index contributed by atoms with van der Waals surface area (Å²) in [7, 11) is 1.72. The van der Waals surface area contributed by atoms with E-state index < -0.39 is 0 Å². The van der Waals surface area contributed by atoms with Crippen molar-refractivity contribution >= 4 is 22.6 Å². The predicted molar refractivity (Wildman–Crippen MR) is 87.9 cm³/mol. The Balaban J connectivity index is 2.31. The Bertz CT molecular complexity index is 495. The van der Waals surface area contributed by atoms with Crippen molar-refractivity contribution in [3.8, 4) is 0 Å². The highest BCUT2D eigenvalue weighted by molar-refractivity contribution is 14.1. The summed E-state index contributed by atoms with van der Waals surface area (Å²) in [6.45, 7) is 2.10. The summed E-state index contributed by atoms with van der Waals surface area (Å²) >= 11 is 2.09. The van der Waals surface area contributed by atoms with E-state index in [2.05, 4.69) is 39.5 Å². The molecule has 0 amide bonds. The molecule has 1 N–H and O–H groups in total. The number of nitrogens with zero attached hydrogens (tertiary/aromatic N) is 1. The van der Waals surface area contributed by atoms with Crippen LogP contribution in [-0.4, -0.2) is 17.1 Å². The fourth-order valence-corrected chi connectivity index (χ4v) is 3.55. The normalized spacial score (nSPS) is 18.1. The molecule has 0 radical (unpaired) electrons. The molecule has 5 heteroatoms. The highest BCUT2D eigenvalue weighted by atomic mass is 127. The van der Waals surface area contributed by atoms with E-state index in [-0.39, 0.29) is 11.7 Å². The molecule has 1 aliphatic rings. The summed E-state index contributed by atoms with van der Waals surface area (Å²) in [6.07, 6.45) is 7.90. The van der Waals surface area contributed by atoms with Gasteiger partial charge in [0, 0.05) is 7.11 Å². The molecular weight excluding hydrogens is 367 g/mol. The molecule has 0 spiro atoms. The summed E-state index contributed by atoms with van der Waals surface area (Å²) in [5.74, 6) is 1.19. The zero-order valence-corrected chi connectivity index (χ0v) is 14.4. The second-order valence-corrected chi connectivity index (χ2v) is 6.59. The number of methoxy groups -OCH3 is 1. The maximum atomic E-state index is 12.1. The molecule has 1 fully saturated rings. The first kappa shape index (κ1) is 15.9. The molecule has 2 rings (SSSR count). The topological polar surface area (TPSA) is 55.0 Å². The smallest absolute Gasteiger partial charge is 0.264 e. The van der Waals surface area contributed by atoms with Gasteiger partial charge in [0.2, 0.25) is 0 Å². The van der Waals surface area contributed by atoms with Gasteiger partial charge in [0.1, 0.15) is 11.9 Å². The van der Waals surface area contributed by atoms with Gasteiger partial charge in [0.25, 0.3) is 5.56 Å². The molecular formula is C15H23IN2O2. The van der Waals surface area contributed by atoms with E-state index in [0.29, 0.717) is 15.3 Å². The summed E-state index contributed by atoms with van der Waals surface area (Å²) in [6, 6.07) is 0. The molecule has 0 aromatic carbocycles. The lowest BCUT2D eigenvalue weighted by atomic mass is 9.85. The lowest BCUT2D eigenvalue weighted by Crippen LogP contribution is -2.25. The van der Waals surface area contributed by atoms with Crippen LogP contribution >= 0.6 is 22.6 Å². The maximum Gasteiger partial charge on any atom is 0.264 e. The zero-order chi connectivity index (χ0) is 14.5. The second kappa shape index (κ2) is 7.54. The van der Waals surface area contributed by atoms with Gasteiger partial charge in [-0.15, -0.1) is 0 Å². The van der Waals surface area contributed by atoms with Crippen LogP contribution in [0.2, 0.25) is 0 Å². The molecule has 0 saturated heterocycles. The molecule has 4 nitrogen and oxygen atoms in total. The van der Waals surface area contributed by atoms with Crippen molar-refractivity contribution in [2.24, 2.45) is 5.92 Å². The second-order valence-electron chi connectivity index (χ2n) is 5.52. The molecule has 0 bridgehead atoms. The highest BCUT2D eigenvalue weighted by Gasteiger charge is 2.27.